The normalized spacial score (nSPS) is 17.8. The first-order chi connectivity index (χ1) is 9.30. The van der Waals surface area contributed by atoms with Crippen molar-refractivity contribution in [2.45, 2.75) is 26.7 Å². The Morgan fingerprint density at radius 3 is 2.45 bits per heavy atom. The van der Waals surface area contributed by atoms with E-state index in [-0.39, 0.29) is 11.1 Å². The lowest BCUT2D eigenvalue weighted by Crippen LogP contribution is -2.38. The molecule has 0 aromatic heterocycles. The highest BCUT2D eigenvalue weighted by Crippen LogP contribution is 2.34. The molecule has 1 aliphatic heterocycles. The van der Waals surface area contributed by atoms with Crippen molar-refractivity contribution in [3.8, 4) is 0 Å². The average Bonchev–Trinajstić information content (AvgIpc) is 2.37. The summed E-state index contributed by atoms with van der Waals surface area (Å²) in [7, 11) is 0. The summed E-state index contributed by atoms with van der Waals surface area (Å²) in [4.78, 5) is 23.9. The molecule has 0 bridgehead atoms. The van der Waals surface area contributed by atoms with Crippen molar-refractivity contribution < 1.29 is 9.72 Å². The third-order valence-corrected chi connectivity index (χ3v) is 3.92. The summed E-state index contributed by atoms with van der Waals surface area (Å²) in [6.45, 7) is 5.95. The number of nitro groups is 1. The van der Waals surface area contributed by atoms with Crippen LogP contribution < -0.4 is 10.6 Å². The van der Waals surface area contributed by atoms with Crippen LogP contribution in [0.5, 0.6) is 0 Å². The van der Waals surface area contributed by atoms with Crippen molar-refractivity contribution in [3.63, 3.8) is 0 Å². The first-order valence-corrected chi connectivity index (χ1v) is 6.63. The SMILES string of the molecule is CC1(C)CCN(c2cc([N+](=O)[O-])ccc2C(N)=O)CC1. The number of anilines is 1. The summed E-state index contributed by atoms with van der Waals surface area (Å²) >= 11 is 0. The van der Waals surface area contributed by atoms with Crippen LogP contribution in [0.1, 0.15) is 37.0 Å². The molecule has 20 heavy (non-hydrogen) atoms. The summed E-state index contributed by atoms with van der Waals surface area (Å²) in [6, 6.07) is 4.20. The predicted octanol–water partition coefficient (Wildman–Crippen LogP) is 2.32. The second-order valence-electron chi connectivity index (χ2n) is 5.97. The first-order valence-electron chi connectivity index (χ1n) is 6.63. The molecule has 0 saturated carbocycles. The predicted molar refractivity (Wildman–Crippen MR) is 76.8 cm³/mol. The fourth-order valence-electron chi connectivity index (χ4n) is 2.46. The average molecular weight is 277 g/mol. The quantitative estimate of drug-likeness (QED) is 0.678. The van der Waals surface area contributed by atoms with Gasteiger partial charge < -0.3 is 10.6 Å². The Labute approximate surface area is 117 Å². The van der Waals surface area contributed by atoms with Crippen LogP contribution >= 0.6 is 0 Å². The van der Waals surface area contributed by atoms with Gasteiger partial charge in [-0.25, -0.2) is 0 Å². The van der Waals surface area contributed by atoms with Gasteiger partial charge in [-0.3, -0.25) is 14.9 Å². The highest BCUT2D eigenvalue weighted by molar-refractivity contribution is 5.99. The van der Waals surface area contributed by atoms with Crippen LogP contribution in [0, 0.1) is 15.5 Å². The second kappa shape index (κ2) is 5.11. The van der Waals surface area contributed by atoms with E-state index in [1.54, 1.807) is 0 Å². The maximum Gasteiger partial charge on any atom is 0.271 e. The molecule has 0 radical (unpaired) electrons. The number of primary amides is 1. The van der Waals surface area contributed by atoms with E-state index < -0.39 is 10.8 Å². The van der Waals surface area contributed by atoms with E-state index in [1.165, 1.54) is 18.2 Å². The van der Waals surface area contributed by atoms with Gasteiger partial charge in [-0.1, -0.05) is 13.8 Å². The Balaban J connectivity index is 2.36. The molecule has 0 spiro atoms. The van der Waals surface area contributed by atoms with Crippen LogP contribution in [0.3, 0.4) is 0 Å². The maximum atomic E-state index is 11.5. The van der Waals surface area contributed by atoms with Crippen molar-refractivity contribution in [2.24, 2.45) is 11.1 Å². The Morgan fingerprint density at radius 2 is 1.95 bits per heavy atom. The van der Waals surface area contributed by atoms with E-state index in [0.717, 1.165) is 25.9 Å². The smallest absolute Gasteiger partial charge is 0.271 e. The fourth-order valence-corrected chi connectivity index (χ4v) is 2.46. The highest BCUT2D eigenvalue weighted by atomic mass is 16.6. The van der Waals surface area contributed by atoms with Crippen molar-refractivity contribution >= 4 is 17.3 Å². The van der Waals surface area contributed by atoms with Gasteiger partial charge in [0.2, 0.25) is 0 Å². The Hall–Kier alpha value is -2.11. The highest BCUT2D eigenvalue weighted by Gasteiger charge is 2.28. The minimum Gasteiger partial charge on any atom is -0.371 e. The number of nitrogens with zero attached hydrogens (tertiary/aromatic N) is 2. The summed E-state index contributed by atoms with van der Waals surface area (Å²) in [5.41, 5.74) is 6.53. The van der Waals surface area contributed by atoms with Crippen LogP contribution in [0.25, 0.3) is 0 Å². The Bertz CT molecular complexity index is 545. The van der Waals surface area contributed by atoms with Gasteiger partial charge in [-0.05, 0) is 24.3 Å². The zero-order chi connectivity index (χ0) is 14.9. The van der Waals surface area contributed by atoms with Crippen molar-refractivity contribution in [3.05, 3.63) is 33.9 Å². The van der Waals surface area contributed by atoms with E-state index >= 15 is 0 Å². The van der Waals surface area contributed by atoms with Gasteiger partial charge in [0, 0.05) is 25.2 Å². The number of nitro benzene ring substituents is 1. The molecule has 2 rings (SSSR count). The van der Waals surface area contributed by atoms with Gasteiger partial charge in [-0.15, -0.1) is 0 Å². The molecule has 2 N–H and O–H groups in total. The van der Waals surface area contributed by atoms with Gasteiger partial charge in [-0.2, -0.15) is 0 Å². The zero-order valence-electron chi connectivity index (χ0n) is 11.8. The molecule has 1 amide bonds. The summed E-state index contributed by atoms with van der Waals surface area (Å²) in [6.07, 6.45) is 1.96. The number of hydrogen-bond donors (Lipinski definition) is 1. The lowest BCUT2D eigenvalue weighted by atomic mass is 9.82. The molecule has 1 fully saturated rings. The Morgan fingerprint density at radius 1 is 1.35 bits per heavy atom. The molecule has 6 heteroatoms. The Kier molecular flexibility index (Phi) is 3.65. The van der Waals surface area contributed by atoms with Crippen molar-refractivity contribution in [1.82, 2.24) is 0 Å². The number of benzene rings is 1. The molecule has 0 atom stereocenters. The molecule has 0 aliphatic carbocycles. The lowest BCUT2D eigenvalue weighted by molar-refractivity contribution is -0.384. The molecule has 108 valence electrons. The van der Waals surface area contributed by atoms with Crippen LogP contribution in [0.4, 0.5) is 11.4 Å². The number of piperidine rings is 1. The van der Waals surface area contributed by atoms with Crippen LogP contribution in [0.15, 0.2) is 18.2 Å². The van der Waals surface area contributed by atoms with Crippen LogP contribution in [-0.4, -0.2) is 23.9 Å². The van der Waals surface area contributed by atoms with E-state index in [0.29, 0.717) is 11.3 Å². The zero-order valence-corrected chi connectivity index (χ0v) is 11.8. The third kappa shape index (κ3) is 2.89. The number of amides is 1. The molecule has 1 aromatic rings. The minimum atomic E-state index is -0.556. The topological polar surface area (TPSA) is 89.5 Å². The number of carbonyl (C=O) groups is 1. The molecule has 6 nitrogen and oxygen atoms in total. The molecule has 0 unspecified atom stereocenters. The molecule has 1 aliphatic rings. The minimum absolute atomic E-state index is 0.0187. The van der Waals surface area contributed by atoms with E-state index in [9.17, 15) is 14.9 Å². The molecule has 1 aromatic carbocycles. The van der Waals surface area contributed by atoms with Gasteiger partial charge in [0.05, 0.1) is 16.2 Å². The fraction of sp³-hybridized carbons (Fsp3) is 0.500. The van der Waals surface area contributed by atoms with Gasteiger partial charge >= 0.3 is 0 Å². The van der Waals surface area contributed by atoms with Crippen LogP contribution in [-0.2, 0) is 0 Å². The molecular weight excluding hydrogens is 258 g/mol. The number of non-ortho nitro benzene ring substituents is 1. The molecule has 1 saturated heterocycles. The standard InChI is InChI=1S/C14H19N3O3/c1-14(2)5-7-16(8-6-14)12-9-10(17(19)20)3-4-11(12)13(15)18/h3-4,9H,5-8H2,1-2H3,(H2,15,18). The second-order valence-corrected chi connectivity index (χ2v) is 5.97. The van der Waals surface area contributed by atoms with Gasteiger partial charge in [0.1, 0.15) is 0 Å². The monoisotopic (exact) mass is 277 g/mol. The summed E-state index contributed by atoms with van der Waals surface area (Å²) in [5.74, 6) is -0.556. The van der Waals surface area contributed by atoms with E-state index in [4.69, 9.17) is 5.73 Å². The van der Waals surface area contributed by atoms with Crippen molar-refractivity contribution in [1.29, 1.82) is 0 Å². The first kappa shape index (κ1) is 14.3. The van der Waals surface area contributed by atoms with Gasteiger partial charge in [0.25, 0.3) is 11.6 Å². The number of nitrogens with two attached hydrogens (primary N) is 1. The maximum absolute atomic E-state index is 11.5. The number of rotatable bonds is 3. The van der Waals surface area contributed by atoms with Crippen molar-refractivity contribution in [2.75, 3.05) is 18.0 Å². The van der Waals surface area contributed by atoms with Gasteiger partial charge in [0.15, 0.2) is 0 Å². The number of carbonyl (C=O) groups excluding carboxylic acids is 1. The van der Waals surface area contributed by atoms with E-state index in [1.807, 2.05) is 4.90 Å². The van der Waals surface area contributed by atoms with Crippen LogP contribution in [0.2, 0.25) is 0 Å². The number of hydrogen-bond acceptors (Lipinski definition) is 4. The largest absolute Gasteiger partial charge is 0.371 e. The summed E-state index contributed by atoms with van der Waals surface area (Å²) < 4.78 is 0. The molecule has 1 heterocycles. The summed E-state index contributed by atoms with van der Waals surface area (Å²) in [5, 5.41) is 10.9. The van der Waals surface area contributed by atoms with E-state index in [2.05, 4.69) is 13.8 Å². The lowest BCUT2D eigenvalue weighted by Gasteiger charge is -2.38. The third-order valence-electron chi connectivity index (χ3n) is 3.92. The molecular formula is C14H19N3O3.